The van der Waals surface area contributed by atoms with Gasteiger partial charge in [0.2, 0.25) is 0 Å². The van der Waals surface area contributed by atoms with Crippen LogP contribution in [0.15, 0.2) is 54.7 Å². The van der Waals surface area contributed by atoms with E-state index < -0.39 is 0 Å². The van der Waals surface area contributed by atoms with E-state index in [9.17, 15) is 0 Å². The van der Waals surface area contributed by atoms with E-state index in [1.807, 2.05) is 42.6 Å². The number of H-pyrrole nitrogens is 1. The number of imidazole rings is 1. The van der Waals surface area contributed by atoms with E-state index in [1.165, 1.54) is 0 Å². The molecule has 1 aromatic heterocycles. The Labute approximate surface area is 163 Å². The molecule has 26 heavy (non-hydrogen) atoms. The normalized spacial score (nSPS) is 15.4. The number of hydrogen-bond acceptors (Lipinski definition) is 3. The van der Waals surface area contributed by atoms with Crippen LogP contribution in [0.1, 0.15) is 5.69 Å². The summed E-state index contributed by atoms with van der Waals surface area (Å²) in [5.74, 6) is 0.921. The fourth-order valence-corrected chi connectivity index (χ4v) is 3.72. The van der Waals surface area contributed by atoms with Crippen molar-refractivity contribution in [2.45, 2.75) is 6.54 Å². The molecule has 0 atom stereocenters. The number of anilines is 1. The maximum absolute atomic E-state index is 6.35. The molecule has 0 radical (unpaired) electrons. The predicted molar refractivity (Wildman–Crippen MR) is 108 cm³/mol. The minimum atomic E-state index is 0.609. The molecule has 0 spiro atoms. The van der Waals surface area contributed by atoms with E-state index in [2.05, 4.69) is 31.9 Å². The lowest BCUT2D eigenvalue weighted by Gasteiger charge is -2.36. The van der Waals surface area contributed by atoms with Crippen LogP contribution in [0.25, 0.3) is 11.4 Å². The number of hydrogen-bond donors (Lipinski definition) is 1. The fourth-order valence-electron chi connectivity index (χ4n) is 3.31. The minimum Gasteiger partial charge on any atom is -0.368 e. The van der Waals surface area contributed by atoms with Crippen molar-refractivity contribution in [3.63, 3.8) is 0 Å². The SMILES string of the molecule is Clc1cccc(N2CCN(Cc3cnc(-c4ccccc4)[nH]3)CC2)c1Cl. The first-order valence-corrected chi connectivity index (χ1v) is 9.47. The third kappa shape index (κ3) is 3.73. The number of nitrogens with one attached hydrogen (secondary N) is 1. The molecule has 1 N–H and O–H groups in total. The van der Waals surface area contributed by atoms with Crippen LogP contribution in [0.3, 0.4) is 0 Å². The lowest BCUT2D eigenvalue weighted by Crippen LogP contribution is -2.46. The first-order chi connectivity index (χ1) is 12.7. The molecule has 1 saturated heterocycles. The first-order valence-electron chi connectivity index (χ1n) is 8.71. The van der Waals surface area contributed by atoms with Crippen molar-refractivity contribution in [1.29, 1.82) is 0 Å². The lowest BCUT2D eigenvalue weighted by molar-refractivity contribution is 0.247. The van der Waals surface area contributed by atoms with Crippen LogP contribution in [0.4, 0.5) is 5.69 Å². The standard InChI is InChI=1S/C20H20Cl2N4/c21-17-7-4-8-18(19(17)22)26-11-9-25(10-12-26)14-16-13-23-20(24-16)15-5-2-1-3-6-15/h1-8,13H,9-12,14H2,(H,23,24). The van der Waals surface area contributed by atoms with Crippen molar-refractivity contribution in [3.8, 4) is 11.4 Å². The molecule has 0 saturated carbocycles. The van der Waals surface area contributed by atoms with Gasteiger partial charge < -0.3 is 9.88 Å². The summed E-state index contributed by atoms with van der Waals surface area (Å²) in [5, 5.41) is 1.25. The minimum absolute atomic E-state index is 0.609. The van der Waals surface area contributed by atoms with Crippen molar-refractivity contribution in [2.24, 2.45) is 0 Å². The van der Waals surface area contributed by atoms with Crippen LogP contribution in [-0.2, 0) is 6.54 Å². The van der Waals surface area contributed by atoms with Gasteiger partial charge in [-0.2, -0.15) is 0 Å². The zero-order chi connectivity index (χ0) is 17.9. The highest BCUT2D eigenvalue weighted by Crippen LogP contribution is 2.33. The Bertz CT molecular complexity index is 871. The Kier molecular flexibility index (Phi) is 5.16. The molecular weight excluding hydrogens is 367 g/mol. The highest BCUT2D eigenvalue weighted by Gasteiger charge is 2.20. The summed E-state index contributed by atoms with van der Waals surface area (Å²) in [6, 6.07) is 16.0. The number of benzene rings is 2. The van der Waals surface area contributed by atoms with Gasteiger partial charge >= 0.3 is 0 Å². The maximum atomic E-state index is 6.35. The van der Waals surface area contributed by atoms with Gasteiger partial charge in [-0.1, -0.05) is 59.6 Å². The van der Waals surface area contributed by atoms with Crippen molar-refractivity contribution >= 4 is 28.9 Å². The van der Waals surface area contributed by atoms with Crippen LogP contribution >= 0.6 is 23.2 Å². The van der Waals surface area contributed by atoms with Gasteiger partial charge in [-0.3, -0.25) is 4.90 Å². The molecule has 1 aliphatic heterocycles. The summed E-state index contributed by atoms with van der Waals surface area (Å²) >= 11 is 12.5. The molecule has 1 fully saturated rings. The smallest absolute Gasteiger partial charge is 0.137 e. The van der Waals surface area contributed by atoms with E-state index in [-0.39, 0.29) is 0 Å². The van der Waals surface area contributed by atoms with Gasteiger partial charge in [0.15, 0.2) is 0 Å². The number of aromatic nitrogens is 2. The molecule has 0 amide bonds. The number of piperazine rings is 1. The van der Waals surface area contributed by atoms with Gasteiger partial charge in [-0.25, -0.2) is 4.98 Å². The second kappa shape index (κ2) is 7.70. The zero-order valence-corrected chi connectivity index (χ0v) is 15.8. The van der Waals surface area contributed by atoms with Crippen molar-refractivity contribution < 1.29 is 0 Å². The van der Waals surface area contributed by atoms with Gasteiger partial charge in [0.25, 0.3) is 0 Å². The second-order valence-corrected chi connectivity index (χ2v) is 7.24. The Balaban J connectivity index is 1.37. The fraction of sp³-hybridized carbons (Fsp3) is 0.250. The van der Waals surface area contributed by atoms with E-state index >= 15 is 0 Å². The van der Waals surface area contributed by atoms with Crippen LogP contribution in [0.2, 0.25) is 10.0 Å². The number of halogens is 2. The first kappa shape index (κ1) is 17.4. The molecule has 4 rings (SSSR count). The zero-order valence-electron chi connectivity index (χ0n) is 14.3. The average molecular weight is 387 g/mol. The Morgan fingerprint density at radius 2 is 1.69 bits per heavy atom. The number of nitrogens with zero attached hydrogens (tertiary/aromatic N) is 3. The van der Waals surface area contributed by atoms with Crippen LogP contribution < -0.4 is 4.90 Å². The summed E-state index contributed by atoms with van der Waals surface area (Å²) in [6.07, 6.45) is 1.93. The second-order valence-electron chi connectivity index (χ2n) is 6.46. The molecule has 134 valence electrons. The van der Waals surface area contributed by atoms with Crippen molar-refractivity contribution in [2.75, 3.05) is 31.1 Å². The third-order valence-electron chi connectivity index (χ3n) is 4.71. The molecule has 3 aromatic rings. The predicted octanol–water partition coefficient (Wildman–Crippen LogP) is 4.71. The van der Waals surface area contributed by atoms with Crippen molar-refractivity contribution in [1.82, 2.24) is 14.9 Å². The Morgan fingerprint density at radius 3 is 2.46 bits per heavy atom. The summed E-state index contributed by atoms with van der Waals surface area (Å²) in [4.78, 5) is 12.7. The molecule has 1 aliphatic rings. The van der Waals surface area contributed by atoms with Crippen molar-refractivity contribution in [3.05, 3.63) is 70.5 Å². The van der Waals surface area contributed by atoms with Crippen LogP contribution in [0.5, 0.6) is 0 Å². The molecule has 6 heteroatoms. The maximum Gasteiger partial charge on any atom is 0.137 e. The summed E-state index contributed by atoms with van der Waals surface area (Å²) in [7, 11) is 0. The molecule has 0 unspecified atom stereocenters. The highest BCUT2D eigenvalue weighted by molar-refractivity contribution is 6.43. The lowest BCUT2D eigenvalue weighted by atomic mass is 10.2. The van der Waals surface area contributed by atoms with E-state index in [0.29, 0.717) is 10.0 Å². The van der Waals surface area contributed by atoms with Gasteiger partial charge in [-0.15, -0.1) is 0 Å². The Morgan fingerprint density at radius 1 is 0.923 bits per heavy atom. The third-order valence-corrected chi connectivity index (χ3v) is 5.52. The van der Waals surface area contributed by atoms with Crippen LogP contribution in [-0.4, -0.2) is 41.0 Å². The Hall–Kier alpha value is -2.01. The van der Waals surface area contributed by atoms with Gasteiger partial charge in [0.05, 0.1) is 15.7 Å². The van der Waals surface area contributed by atoms with Gasteiger partial charge in [-0.05, 0) is 12.1 Å². The van der Waals surface area contributed by atoms with Crippen LogP contribution in [0, 0.1) is 0 Å². The van der Waals surface area contributed by atoms with Gasteiger partial charge in [0.1, 0.15) is 5.82 Å². The quantitative estimate of drug-likeness (QED) is 0.705. The largest absolute Gasteiger partial charge is 0.368 e. The summed E-state index contributed by atoms with van der Waals surface area (Å²) in [6.45, 7) is 4.68. The topological polar surface area (TPSA) is 35.2 Å². The summed E-state index contributed by atoms with van der Waals surface area (Å²) < 4.78 is 0. The molecule has 0 bridgehead atoms. The number of aromatic amines is 1. The van der Waals surface area contributed by atoms with E-state index in [0.717, 1.165) is 55.5 Å². The van der Waals surface area contributed by atoms with Gasteiger partial charge in [0, 0.05) is 50.2 Å². The monoisotopic (exact) mass is 386 g/mol. The molecular formula is C20H20Cl2N4. The molecule has 2 aromatic carbocycles. The molecule has 2 heterocycles. The summed E-state index contributed by atoms with van der Waals surface area (Å²) in [5.41, 5.74) is 3.27. The van der Waals surface area contributed by atoms with E-state index in [4.69, 9.17) is 23.2 Å². The van der Waals surface area contributed by atoms with E-state index in [1.54, 1.807) is 0 Å². The molecule has 4 nitrogen and oxygen atoms in total. The average Bonchev–Trinajstić information content (AvgIpc) is 3.14. The highest BCUT2D eigenvalue weighted by atomic mass is 35.5. The molecule has 0 aliphatic carbocycles. The number of rotatable bonds is 4.